The number of carbonyl (C=O) groups is 3. The van der Waals surface area contributed by atoms with Crippen LogP contribution in [0, 0.1) is 0 Å². The summed E-state index contributed by atoms with van der Waals surface area (Å²) in [7, 11) is 0. The molecule has 0 aliphatic rings. The van der Waals surface area contributed by atoms with Crippen LogP contribution in [0.1, 0.15) is 13.3 Å². The van der Waals surface area contributed by atoms with Gasteiger partial charge in [0, 0.05) is 0 Å². The Labute approximate surface area is 165 Å². The molecule has 0 aromatic carbocycles. The topological polar surface area (TPSA) is 78.9 Å². The monoisotopic (exact) mass is 408 g/mol. The first-order chi connectivity index (χ1) is 8.53. The molecule has 1 atom stereocenters. The van der Waals surface area contributed by atoms with Crippen molar-refractivity contribution in [2.45, 2.75) is 22.2 Å². The van der Waals surface area contributed by atoms with Gasteiger partial charge in [0.2, 0.25) is 0 Å². The number of esters is 3. The number of ether oxygens (including phenoxy) is 3. The van der Waals surface area contributed by atoms with Gasteiger partial charge in [0.05, 0.1) is 0 Å². The van der Waals surface area contributed by atoms with Gasteiger partial charge in [0.25, 0.3) is 0 Å². The van der Waals surface area contributed by atoms with Crippen molar-refractivity contribution < 1.29 is 28.6 Å². The predicted molar refractivity (Wildman–Crippen MR) is 66.0 cm³/mol. The Hall–Kier alpha value is 1.37. The Kier molecular flexibility index (Phi) is 13.1. The maximum atomic E-state index is 11.2. The fraction of sp³-hybridized carbons (Fsp3) is 0.700. The summed E-state index contributed by atoms with van der Waals surface area (Å²) in [4.78, 5) is 33.3. The molecule has 0 aromatic heterocycles. The third-order valence-corrected chi connectivity index (χ3v) is 4.86. The van der Waals surface area contributed by atoms with Crippen molar-refractivity contribution in [2.75, 3.05) is 13.2 Å². The minimum atomic E-state index is -0.690. The van der Waals surface area contributed by atoms with Gasteiger partial charge in [-0.1, -0.05) is 0 Å². The van der Waals surface area contributed by atoms with Gasteiger partial charge < -0.3 is 0 Å². The van der Waals surface area contributed by atoms with Gasteiger partial charge in [-0.25, -0.2) is 0 Å². The van der Waals surface area contributed by atoms with E-state index in [4.69, 9.17) is 14.2 Å². The second-order valence-corrected chi connectivity index (χ2v) is 7.01. The van der Waals surface area contributed by atoms with Gasteiger partial charge in [-0.3, -0.25) is 0 Å². The van der Waals surface area contributed by atoms with Crippen LogP contribution in [-0.4, -0.2) is 124 Å². The zero-order valence-electron chi connectivity index (χ0n) is 11.1. The number of carbonyl (C=O) groups excluding carboxylic acids is 3. The van der Waals surface area contributed by atoms with E-state index in [0.29, 0.717) is 2.78 Å². The SMILES string of the molecule is CCC(=O)OCC(COC(=O)[CH2][SrH])OC(=O)[CH2][SrH]. The second-order valence-electron chi connectivity index (χ2n) is 3.54. The van der Waals surface area contributed by atoms with Crippen LogP contribution < -0.4 is 0 Å². The summed E-state index contributed by atoms with van der Waals surface area (Å²) in [5, 5.41) is 0. The zero-order chi connectivity index (χ0) is 14.0. The molecular weight excluding hydrogens is 391 g/mol. The average molecular weight is 407 g/mol. The minimum absolute atomic E-state index is 0.0448. The molecule has 0 bridgehead atoms. The second kappa shape index (κ2) is 12.1. The predicted octanol–water partition coefficient (Wildman–Crippen LogP) is -0.967. The molecule has 0 saturated heterocycles. The van der Waals surface area contributed by atoms with Crippen molar-refractivity contribution in [3.8, 4) is 0 Å². The molecule has 0 heterocycles. The first-order valence-electron chi connectivity index (χ1n) is 6.04. The summed E-state index contributed by atoms with van der Waals surface area (Å²) in [5.41, 5.74) is 0. The van der Waals surface area contributed by atoms with E-state index in [2.05, 4.69) is 0 Å². The van der Waals surface area contributed by atoms with Crippen LogP contribution in [-0.2, 0) is 28.6 Å². The summed E-state index contributed by atoms with van der Waals surface area (Å²) in [6, 6.07) is 0. The number of hydrogen-bond donors (Lipinski definition) is 0. The van der Waals surface area contributed by atoms with Crippen LogP contribution in [0.4, 0.5) is 0 Å². The molecule has 96 valence electrons. The summed E-state index contributed by atoms with van der Waals surface area (Å²) >= 11 is 0.448. The van der Waals surface area contributed by atoms with E-state index in [9.17, 15) is 14.4 Å². The molecule has 0 spiro atoms. The Balaban J connectivity index is 4.19. The van der Waals surface area contributed by atoms with Crippen LogP contribution in [0.5, 0.6) is 0 Å². The third kappa shape index (κ3) is 10.2. The molecule has 6 nitrogen and oxygen atoms in total. The van der Waals surface area contributed by atoms with E-state index < -0.39 is 6.10 Å². The fourth-order valence-electron chi connectivity index (χ4n) is 0.961. The van der Waals surface area contributed by atoms with Crippen LogP contribution >= 0.6 is 0 Å². The number of hydrogen-bond acceptors (Lipinski definition) is 6. The molecular formula is C10H16O6Sr2. The molecule has 0 saturated carbocycles. The molecule has 8 heteroatoms. The van der Waals surface area contributed by atoms with Gasteiger partial charge in [0.15, 0.2) is 0 Å². The normalized spacial score (nSPS) is 11.3. The summed E-state index contributed by atoms with van der Waals surface area (Å²) in [6.45, 7) is 1.57. The third-order valence-electron chi connectivity index (χ3n) is 2.02. The summed E-state index contributed by atoms with van der Waals surface area (Å²) in [6.07, 6.45) is -0.432. The van der Waals surface area contributed by atoms with Gasteiger partial charge >= 0.3 is 168 Å². The van der Waals surface area contributed by atoms with Gasteiger partial charge in [-0.05, 0) is 0 Å². The summed E-state index contributed by atoms with van der Waals surface area (Å²) in [5.74, 6) is -0.982. The van der Waals surface area contributed by atoms with E-state index in [1.54, 1.807) is 6.92 Å². The van der Waals surface area contributed by atoms with Crippen LogP contribution in [0.15, 0.2) is 0 Å². The Morgan fingerprint density at radius 3 is 1.89 bits per heavy atom. The molecule has 0 rings (SSSR count). The molecule has 0 N–H and O–H groups in total. The van der Waals surface area contributed by atoms with E-state index >= 15 is 0 Å². The molecule has 0 aromatic rings. The van der Waals surface area contributed by atoms with Crippen molar-refractivity contribution in [2.24, 2.45) is 0 Å². The van der Waals surface area contributed by atoms with Gasteiger partial charge in [-0.15, -0.1) is 0 Å². The van der Waals surface area contributed by atoms with Gasteiger partial charge in [0.1, 0.15) is 0 Å². The van der Waals surface area contributed by atoms with E-state index in [1.807, 2.05) is 0 Å². The van der Waals surface area contributed by atoms with Crippen molar-refractivity contribution in [3.63, 3.8) is 0 Å². The van der Waals surface area contributed by atoms with Crippen molar-refractivity contribution in [1.29, 1.82) is 0 Å². The molecule has 18 heavy (non-hydrogen) atoms. The van der Waals surface area contributed by atoms with E-state index in [1.165, 1.54) is 0 Å². The standard InChI is InChI=1S/C10H14O6.2Sr.2H/c1-4-10(13)15-6-9(16-8(3)12)5-14-7(2)11;;;;/h9H,2-6H2,1H3;;;;. The van der Waals surface area contributed by atoms with E-state index in [0.717, 1.165) is 0 Å². The Bertz CT molecular complexity index is 274. The molecule has 1 unspecified atom stereocenters. The van der Waals surface area contributed by atoms with Crippen LogP contribution in [0.2, 0.25) is 2.78 Å². The maximum absolute atomic E-state index is 11.2. The zero-order valence-corrected chi connectivity index (χ0v) is 20.9. The Morgan fingerprint density at radius 2 is 1.44 bits per heavy atom. The quantitative estimate of drug-likeness (QED) is 0.293. The molecule has 0 radical (unpaired) electrons. The van der Waals surface area contributed by atoms with Crippen molar-refractivity contribution in [1.82, 2.24) is 0 Å². The number of rotatable bonds is 8. The first-order valence-corrected chi connectivity index (χ1v) is 13.0. The average Bonchev–Trinajstić information content (AvgIpc) is 2.40. The first kappa shape index (κ1) is 19.4. The molecule has 0 aliphatic heterocycles. The fourth-order valence-corrected chi connectivity index (χ4v) is 1.87. The van der Waals surface area contributed by atoms with Crippen LogP contribution in [0.3, 0.4) is 0 Å². The summed E-state index contributed by atoms with van der Waals surface area (Å²) < 4.78 is 15.8. The molecule has 0 aliphatic carbocycles. The molecule has 0 fully saturated rings. The molecule has 0 amide bonds. The van der Waals surface area contributed by atoms with Gasteiger partial charge in [-0.2, -0.15) is 0 Å². The van der Waals surface area contributed by atoms with Crippen molar-refractivity contribution in [3.05, 3.63) is 0 Å². The Morgan fingerprint density at radius 1 is 0.944 bits per heavy atom. The van der Waals surface area contributed by atoms with E-state index in [-0.39, 0.29) is 124 Å². The van der Waals surface area contributed by atoms with Crippen molar-refractivity contribution >= 4 is 104 Å². The van der Waals surface area contributed by atoms with Crippen LogP contribution in [0.25, 0.3) is 0 Å².